The summed E-state index contributed by atoms with van der Waals surface area (Å²) < 4.78 is 5.29. The number of carbonyl (C=O) groups excluding carboxylic acids is 1. The van der Waals surface area contributed by atoms with Gasteiger partial charge in [-0.15, -0.1) is 0 Å². The third-order valence-corrected chi connectivity index (χ3v) is 4.08. The highest BCUT2D eigenvalue weighted by molar-refractivity contribution is 5.67. The molecule has 1 aromatic rings. The number of amides is 1. The number of ether oxygens (including phenoxy) is 1. The maximum atomic E-state index is 12.2. The van der Waals surface area contributed by atoms with Crippen LogP contribution in [-0.2, 0) is 4.74 Å². The highest BCUT2D eigenvalue weighted by Gasteiger charge is 2.32. The van der Waals surface area contributed by atoms with Crippen LogP contribution in [0, 0.1) is 17.8 Å². The Balaban J connectivity index is 2.19. The van der Waals surface area contributed by atoms with Crippen LogP contribution < -0.4 is 0 Å². The molecule has 0 bridgehead atoms. The molecule has 130 valence electrons. The van der Waals surface area contributed by atoms with Gasteiger partial charge in [0.15, 0.2) is 0 Å². The molecule has 0 aliphatic heterocycles. The molecular formula is C20H27NO3. The minimum Gasteiger partial charge on any atom is -0.442 e. The van der Waals surface area contributed by atoms with Crippen molar-refractivity contribution in [3.63, 3.8) is 0 Å². The van der Waals surface area contributed by atoms with E-state index in [1.165, 1.54) is 6.42 Å². The molecule has 0 aromatic heterocycles. The number of carbonyl (C=O) groups is 1. The Morgan fingerprint density at radius 3 is 2.42 bits per heavy atom. The second-order valence-electron chi connectivity index (χ2n) is 7.30. The average Bonchev–Trinajstić information content (AvgIpc) is 2.55. The van der Waals surface area contributed by atoms with Crippen LogP contribution in [0.25, 0.3) is 0 Å². The molecule has 1 aliphatic rings. The van der Waals surface area contributed by atoms with Crippen LogP contribution in [-0.4, -0.2) is 28.0 Å². The number of hydrogen-bond donors (Lipinski definition) is 1. The van der Waals surface area contributed by atoms with Gasteiger partial charge in [-0.05, 0) is 51.7 Å². The van der Waals surface area contributed by atoms with E-state index in [-0.39, 0.29) is 5.92 Å². The highest BCUT2D eigenvalue weighted by atomic mass is 16.6. The van der Waals surface area contributed by atoms with Crippen molar-refractivity contribution in [2.45, 2.75) is 64.5 Å². The van der Waals surface area contributed by atoms with Gasteiger partial charge in [0.25, 0.3) is 0 Å². The van der Waals surface area contributed by atoms with Gasteiger partial charge < -0.3 is 4.74 Å². The first-order valence-electron chi connectivity index (χ1n) is 8.64. The normalized spacial score (nSPS) is 16.7. The maximum Gasteiger partial charge on any atom is 0.435 e. The van der Waals surface area contributed by atoms with Gasteiger partial charge in [-0.1, -0.05) is 49.3 Å². The van der Waals surface area contributed by atoms with Crippen LogP contribution in [0.2, 0.25) is 0 Å². The van der Waals surface area contributed by atoms with Crippen molar-refractivity contribution < 1.29 is 14.7 Å². The van der Waals surface area contributed by atoms with Crippen LogP contribution in [0.1, 0.15) is 58.4 Å². The monoisotopic (exact) mass is 329 g/mol. The SMILES string of the molecule is CC(C)(C)OC(=O)N(O)C(C#Cc1ccccc1)C1CCCCC1. The van der Waals surface area contributed by atoms with Crippen molar-refractivity contribution in [2.75, 3.05) is 0 Å². The summed E-state index contributed by atoms with van der Waals surface area (Å²) in [6.07, 6.45) is 4.61. The molecule has 0 heterocycles. The van der Waals surface area contributed by atoms with Crippen molar-refractivity contribution in [3.05, 3.63) is 35.9 Å². The van der Waals surface area contributed by atoms with E-state index in [2.05, 4.69) is 11.8 Å². The number of hydroxylamine groups is 2. The van der Waals surface area contributed by atoms with E-state index < -0.39 is 17.7 Å². The number of rotatable bonds is 2. The Labute approximate surface area is 144 Å². The molecule has 2 rings (SSSR count). The molecule has 1 aromatic carbocycles. The van der Waals surface area contributed by atoms with Gasteiger partial charge in [0, 0.05) is 5.56 Å². The zero-order valence-corrected chi connectivity index (χ0v) is 14.8. The fourth-order valence-corrected chi connectivity index (χ4v) is 2.93. The smallest absolute Gasteiger partial charge is 0.435 e. The second-order valence-corrected chi connectivity index (χ2v) is 7.30. The van der Waals surface area contributed by atoms with E-state index in [0.29, 0.717) is 5.06 Å². The fraction of sp³-hybridized carbons (Fsp3) is 0.550. The molecule has 4 heteroatoms. The predicted molar refractivity (Wildman–Crippen MR) is 93.5 cm³/mol. The molecule has 0 saturated heterocycles. The first kappa shape index (κ1) is 18.4. The first-order valence-corrected chi connectivity index (χ1v) is 8.64. The van der Waals surface area contributed by atoms with Gasteiger partial charge >= 0.3 is 6.09 Å². The molecular weight excluding hydrogens is 302 g/mol. The molecule has 1 saturated carbocycles. The zero-order valence-electron chi connectivity index (χ0n) is 14.8. The molecule has 1 aliphatic carbocycles. The lowest BCUT2D eigenvalue weighted by Crippen LogP contribution is -2.44. The lowest BCUT2D eigenvalue weighted by Gasteiger charge is -2.32. The summed E-state index contributed by atoms with van der Waals surface area (Å²) in [7, 11) is 0. The van der Waals surface area contributed by atoms with Gasteiger partial charge in [0.05, 0.1) is 0 Å². The summed E-state index contributed by atoms with van der Waals surface area (Å²) in [5, 5.41) is 11.1. The largest absolute Gasteiger partial charge is 0.442 e. The second kappa shape index (κ2) is 8.21. The Morgan fingerprint density at radius 2 is 1.83 bits per heavy atom. The van der Waals surface area contributed by atoms with Crippen LogP contribution in [0.5, 0.6) is 0 Å². The quantitative estimate of drug-likeness (QED) is 0.489. The van der Waals surface area contributed by atoms with Crippen molar-refractivity contribution in [2.24, 2.45) is 5.92 Å². The Morgan fingerprint density at radius 1 is 1.21 bits per heavy atom. The summed E-state index contributed by atoms with van der Waals surface area (Å²) in [6, 6.07) is 9.07. The van der Waals surface area contributed by atoms with Gasteiger partial charge in [0.1, 0.15) is 11.6 Å². The van der Waals surface area contributed by atoms with E-state index in [1.54, 1.807) is 20.8 Å². The summed E-state index contributed by atoms with van der Waals surface area (Å²) in [5.74, 6) is 6.35. The van der Waals surface area contributed by atoms with Gasteiger partial charge in [-0.25, -0.2) is 4.79 Å². The van der Waals surface area contributed by atoms with E-state index in [9.17, 15) is 10.0 Å². The molecule has 1 N–H and O–H groups in total. The molecule has 1 amide bonds. The fourth-order valence-electron chi connectivity index (χ4n) is 2.93. The molecule has 1 fully saturated rings. The molecule has 4 nitrogen and oxygen atoms in total. The summed E-state index contributed by atoms with van der Waals surface area (Å²) in [4.78, 5) is 12.2. The van der Waals surface area contributed by atoms with E-state index in [0.717, 1.165) is 31.2 Å². The number of hydrogen-bond acceptors (Lipinski definition) is 3. The third-order valence-electron chi connectivity index (χ3n) is 4.08. The molecule has 0 spiro atoms. The molecule has 24 heavy (non-hydrogen) atoms. The molecule has 1 unspecified atom stereocenters. The van der Waals surface area contributed by atoms with Crippen LogP contribution >= 0.6 is 0 Å². The Hall–Kier alpha value is -1.99. The first-order chi connectivity index (χ1) is 11.4. The Kier molecular flexibility index (Phi) is 6.28. The lowest BCUT2D eigenvalue weighted by molar-refractivity contribution is -0.120. The average molecular weight is 329 g/mol. The summed E-state index contributed by atoms with van der Waals surface area (Å²) in [5.41, 5.74) is 0.220. The van der Waals surface area contributed by atoms with Crippen LogP contribution in [0.4, 0.5) is 4.79 Å². The lowest BCUT2D eigenvalue weighted by atomic mass is 9.84. The summed E-state index contributed by atoms with van der Waals surface area (Å²) in [6.45, 7) is 5.35. The van der Waals surface area contributed by atoms with Crippen molar-refractivity contribution in [3.8, 4) is 11.8 Å². The topological polar surface area (TPSA) is 49.8 Å². The van der Waals surface area contributed by atoms with Gasteiger partial charge in [0.2, 0.25) is 0 Å². The van der Waals surface area contributed by atoms with Crippen LogP contribution in [0.15, 0.2) is 30.3 Å². The third kappa shape index (κ3) is 5.58. The highest BCUT2D eigenvalue weighted by Crippen LogP contribution is 2.29. The maximum absolute atomic E-state index is 12.2. The van der Waals surface area contributed by atoms with Crippen molar-refractivity contribution in [1.82, 2.24) is 5.06 Å². The van der Waals surface area contributed by atoms with E-state index >= 15 is 0 Å². The molecule has 0 radical (unpaired) electrons. The molecule has 1 atom stereocenters. The van der Waals surface area contributed by atoms with Crippen molar-refractivity contribution >= 4 is 6.09 Å². The number of benzene rings is 1. The zero-order chi connectivity index (χ0) is 17.6. The van der Waals surface area contributed by atoms with Gasteiger partial charge in [-0.2, -0.15) is 5.06 Å². The Bertz CT molecular complexity index is 589. The van der Waals surface area contributed by atoms with Crippen LogP contribution in [0.3, 0.4) is 0 Å². The van der Waals surface area contributed by atoms with E-state index in [1.807, 2.05) is 30.3 Å². The minimum atomic E-state index is -0.736. The van der Waals surface area contributed by atoms with E-state index in [4.69, 9.17) is 4.74 Å². The summed E-state index contributed by atoms with van der Waals surface area (Å²) >= 11 is 0. The number of nitrogens with zero attached hydrogens (tertiary/aromatic N) is 1. The predicted octanol–water partition coefficient (Wildman–Crippen LogP) is 4.61. The minimum absolute atomic E-state index is 0.174. The van der Waals surface area contributed by atoms with Gasteiger partial charge in [-0.3, -0.25) is 5.21 Å². The van der Waals surface area contributed by atoms with Crippen molar-refractivity contribution in [1.29, 1.82) is 0 Å². The standard InChI is InChI=1S/C20H27NO3/c1-20(2,3)24-19(22)21(23)18(17-12-8-5-9-13-17)15-14-16-10-6-4-7-11-16/h4,6-7,10-11,17-18,23H,5,8-9,12-13H2,1-3H3.